The van der Waals surface area contributed by atoms with Crippen LogP contribution < -0.4 is 0 Å². The van der Waals surface area contributed by atoms with E-state index in [1.54, 1.807) is 0 Å². The molecule has 0 aliphatic carbocycles. The summed E-state index contributed by atoms with van der Waals surface area (Å²) in [5, 5.41) is 0. The first kappa shape index (κ1) is 6.50. The molecule has 0 bridgehead atoms. The van der Waals surface area contributed by atoms with Crippen molar-refractivity contribution in [2.75, 3.05) is 0 Å². The van der Waals surface area contributed by atoms with Gasteiger partial charge in [-0.15, -0.1) is 0 Å². The lowest BCUT2D eigenvalue weighted by molar-refractivity contribution is 0.474. The molecule has 0 radical (unpaired) electrons. The number of hydrogen-bond acceptors (Lipinski definition) is 2. The van der Waals surface area contributed by atoms with Crippen LogP contribution in [0.4, 0.5) is 4.11 Å². The summed E-state index contributed by atoms with van der Waals surface area (Å²) < 4.78 is 20.1. The fourth-order valence-electron chi connectivity index (χ4n) is 0.115. The molecule has 6 heavy (non-hydrogen) atoms. The Hall–Kier alpha value is 0.501. The topological polar surface area (TPSA) is 18.5 Å². The molecule has 0 aromatic heterocycles. The van der Waals surface area contributed by atoms with Crippen molar-refractivity contribution in [2.24, 2.45) is 0 Å². The van der Waals surface area contributed by atoms with Gasteiger partial charge in [-0.2, -0.15) is 0 Å². The monoisotopic (exact) mass is 142 g/mol. The zero-order valence-corrected chi connectivity index (χ0v) is 8.44. The Morgan fingerprint density at radius 2 is 2.33 bits per heavy atom. The predicted octanol–water partition coefficient (Wildman–Crippen LogP) is -2.73. The van der Waals surface area contributed by atoms with Gasteiger partial charge in [0.2, 0.25) is 0 Å². The van der Waals surface area contributed by atoms with E-state index in [1.807, 2.05) is 0 Å². The van der Waals surface area contributed by atoms with Gasteiger partial charge in [-0.05, 0) is 0 Å². The second kappa shape index (κ2) is 5.50. The molecule has 2 nitrogen and oxygen atoms in total. The van der Waals surface area contributed by atoms with Crippen LogP contribution in [0.25, 0.3) is 0 Å². The highest BCUT2D eigenvalue weighted by atomic mass is 28.4. The van der Waals surface area contributed by atoms with E-state index >= 15 is 0 Å². The summed E-state index contributed by atoms with van der Waals surface area (Å²) in [6.45, 7) is 0. The van der Waals surface area contributed by atoms with Gasteiger partial charge in [0.1, 0.15) is 10.5 Å². The summed E-state index contributed by atoms with van der Waals surface area (Å²) in [4.78, 5) is 0. The van der Waals surface area contributed by atoms with Gasteiger partial charge in [0.05, 0.1) is 0 Å². The van der Waals surface area contributed by atoms with Gasteiger partial charge in [0, 0.05) is 0 Å². The summed E-state index contributed by atoms with van der Waals surface area (Å²) in [5.74, 6) is 0. The highest BCUT2D eigenvalue weighted by Gasteiger charge is 1.78. The molecule has 6 heteroatoms. The number of hydrogen-bond donors (Lipinski definition) is 0. The molecule has 0 rings (SSSR count). The Morgan fingerprint density at radius 1 is 1.67 bits per heavy atom. The highest BCUT2D eigenvalue weighted by molar-refractivity contribution is 6.37. The van der Waals surface area contributed by atoms with E-state index in [9.17, 15) is 4.11 Å². The normalized spacial score (nSPS) is 13.5. The maximum absolute atomic E-state index is 11.1. The molecule has 0 unspecified atom stereocenters. The van der Waals surface area contributed by atoms with Crippen LogP contribution >= 0.6 is 0 Å². The van der Waals surface area contributed by atoms with E-state index in [4.69, 9.17) is 0 Å². The average Bonchev–Trinajstić information content (AvgIpc) is 1.61. The SMILES string of the molecule is F[SiH2]O[SiH2]O[SiH3]. The molecule has 0 N–H and O–H groups in total. The minimum atomic E-state index is -1.64. The second-order valence-electron chi connectivity index (χ2n) is 0.720. The fraction of sp³-hybridized carbons (Fsp3) is 0. The number of rotatable bonds is 3. The van der Waals surface area contributed by atoms with Crippen molar-refractivity contribution in [1.29, 1.82) is 0 Å². The van der Waals surface area contributed by atoms with Crippen LogP contribution in [0, 0.1) is 0 Å². The Labute approximate surface area is 43.8 Å². The second-order valence-corrected chi connectivity index (χ2v) is 5.12. The molecule has 0 saturated carbocycles. The quantitative estimate of drug-likeness (QED) is 0.242. The standard InChI is InChI=1S/FH7O2Si3/c1-5-3-6-2-4/h5-6H2,4H3. The van der Waals surface area contributed by atoms with Gasteiger partial charge in [0.15, 0.2) is 0 Å². The van der Waals surface area contributed by atoms with Gasteiger partial charge in [0.25, 0.3) is 10.0 Å². The highest BCUT2D eigenvalue weighted by Crippen LogP contribution is 1.63. The van der Waals surface area contributed by atoms with Crippen molar-refractivity contribution in [3.8, 4) is 0 Å². The summed E-state index contributed by atoms with van der Waals surface area (Å²) in [6.07, 6.45) is 0. The predicted molar refractivity (Wildman–Crippen MR) is 30.3 cm³/mol. The van der Waals surface area contributed by atoms with Crippen LogP contribution in [0.5, 0.6) is 0 Å². The van der Waals surface area contributed by atoms with Crippen LogP contribution in [0.1, 0.15) is 0 Å². The van der Waals surface area contributed by atoms with Gasteiger partial charge in [-0.3, -0.25) is 4.11 Å². The first-order chi connectivity index (χ1) is 2.91. The van der Waals surface area contributed by atoms with E-state index in [0.29, 0.717) is 10.5 Å². The Kier molecular flexibility index (Phi) is 5.96. The van der Waals surface area contributed by atoms with Crippen molar-refractivity contribution in [1.82, 2.24) is 0 Å². The van der Waals surface area contributed by atoms with E-state index < -0.39 is 20.1 Å². The summed E-state index contributed by atoms with van der Waals surface area (Å²) >= 11 is 0. The van der Waals surface area contributed by atoms with Gasteiger partial charge in [-0.25, -0.2) is 0 Å². The maximum atomic E-state index is 11.1. The summed E-state index contributed by atoms with van der Waals surface area (Å²) in [5.41, 5.74) is 0. The summed E-state index contributed by atoms with van der Waals surface area (Å²) in [7, 11) is -1.77. The molecule has 0 heterocycles. The van der Waals surface area contributed by atoms with Crippen LogP contribution in [0.15, 0.2) is 0 Å². The minimum Gasteiger partial charge on any atom is -0.449 e. The zero-order valence-electron chi connectivity index (χ0n) is 3.61. The third-order valence-corrected chi connectivity index (χ3v) is 2.51. The van der Waals surface area contributed by atoms with Crippen molar-refractivity contribution in [3.05, 3.63) is 0 Å². The van der Waals surface area contributed by atoms with Crippen LogP contribution in [0.3, 0.4) is 0 Å². The molecule has 0 aromatic carbocycles. The van der Waals surface area contributed by atoms with Gasteiger partial charge < -0.3 is 8.23 Å². The first-order valence-corrected chi connectivity index (χ1v) is 4.62. The molecule has 38 valence electrons. The smallest absolute Gasteiger partial charge is 0.344 e. The zero-order chi connectivity index (χ0) is 4.83. The Morgan fingerprint density at radius 3 is 2.50 bits per heavy atom. The van der Waals surface area contributed by atoms with Crippen molar-refractivity contribution >= 4 is 30.6 Å². The largest absolute Gasteiger partial charge is 0.449 e. The van der Waals surface area contributed by atoms with Crippen LogP contribution in [-0.4, -0.2) is 30.6 Å². The Balaban J connectivity index is 2.34. The molecular formula is H7FO2Si3. The molecule has 0 saturated heterocycles. The van der Waals surface area contributed by atoms with E-state index in [2.05, 4.69) is 8.23 Å². The van der Waals surface area contributed by atoms with Crippen LogP contribution in [0.2, 0.25) is 0 Å². The maximum Gasteiger partial charge on any atom is 0.344 e. The summed E-state index contributed by atoms with van der Waals surface area (Å²) in [6, 6.07) is 0. The third kappa shape index (κ3) is 4.50. The Bertz CT molecular complexity index is 20.8. The molecule has 0 atom stereocenters. The molecule has 0 aliphatic heterocycles. The van der Waals surface area contributed by atoms with Gasteiger partial charge >= 0.3 is 10.1 Å². The van der Waals surface area contributed by atoms with E-state index in [0.717, 1.165) is 0 Å². The molecule has 0 aliphatic rings. The van der Waals surface area contributed by atoms with E-state index in [-0.39, 0.29) is 0 Å². The lowest BCUT2D eigenvalue weighted by atomic mass is 15.8. The van der Waals surface area contributed by atoms with E-state index in [1.165, 1.54) is 0 Å². The van der Waals surface area contributed by atoms with Crippen molar-refractivity contribution in [3.63, 3.8) is 0 Å². The minimum absolute atomic E-state index is 0.696. The van der Waals surface area contributed by atoms with Crippen molar-refractivity contribution in [2.45, 2.75) is 0 Å². The average molecular weight is 142 g/mol. The molecule has 0 spiro atoms. The van der Waals surface area contributed by atoms with Gasteiger partial charge in [-0.1, -0.05) is 0 Å². The fourth-order valence-corrected chi connectivity index (χ4v) is 2.53. The first-order valence-electron chi connectivity index (χ1n) is 1.54. The lowest BCUT2D eigenvalue weighted by Gasteiger charge is -1.90. The molecule has 0 amide bonds. The lowest BCUT2D eigenvalue weighted by Crippen LogP contribution is -2.01. The number of halogens is 1. The van der Waals surface area contributed by atoms with Crippen molar-refractivity contribution < 1.29 is 12.3 Å². The van der Waals surface area contributed by atoms with Crippen LogP contribution in [-0.2, 0) is 8.23 Å². The molecule has 0 aromatic rings. The molecule has 0 fully saturated rings. The molecular weight excluding hydrogens is 135 g/mol. The third-order valence-electron chi connectivity index (χ3n) is 0.278.